The molecular formula is C12H20N2O2. The van der Waals surface area contributed by atoms with Crippen LogP contribution in [0.1, 0.15) is 40.3 Å². The number of hydrogen-bond donors (Lipinski definition) is 0. The second kappa shape index (κ2) is 4.68. The molecule has 0 atom stereocenters. The second-order valence-corrected chi connectivity index (χ2v) is 5.35. The van der Waals surface area contributed by atoms with E-state index in [1.807, 2.05) is 20.8 Å². The molecule has 90 valence electrons. The molecule has 16 heavy (non-hydrogen) atoms. The van der Waals surface area contributed by atoms with Gasteiger partial charge in [0.2, 0.25) is 0 Å². The van der Waals surface area contributed by atoms with E-state index >= 15 is 0 Å². The first-order valence-corrected chi connectivity index (χ1v) is 5.54. The molecule has 1 rings (SSSR count). The molecular weight excluding hydrogens is 204 g/mol. The van der Waals surface area contributed by atoms with Gasteiger partial charge in [0.1, 0.15) is 11.9 Å². The average molecular weight is 224 g/mol. The molecule has 0 aliphatic rings. The Hall–Kier alpha value is -1.32. The van der Waals surface area contributed by atoms with Gasteiger partial charge in [0.25, 0.3) is 0 Å². The minimum absolute atomic E-state index is 0.380. The van der Waals surface area contributed by atoms with Crippen LogP contribution in [0.3, 0.4) is 0 Å². The Morgan fingerprint density at radius 1 is 1.50 bits per heavy atom. The smallest absolute Gasteiger partial charge is 0.419 e. The van der Waals surface area contributed by atoms with Crippen LogP contribution in [0.5, 0.6) is 0 Å². The van der Waals surface area contributed by atoms with Crippen LogP contribution in [0, 0.1) is 5.92 Å². The summed E-state index contributed by atoms with van der Waals surface area (Å²) in [7, 11) is 0. The van der Waals surface area contributed by atoms with Crippen LogP contribution >= 0.6 is 0 Å². The quantitative estimate of drug-likeness (QED) is 0.775. The number of ether oxygens (including phenoxy) is 1. The van der Waals surface area contributed by atoms with Gasteiger partial charge in [-0.05, 0) is 33.1 Å². The number of nitrogens with zero attached hydrogens (tertiary/aromatic N) is 2. The molecule has 0 N–H and O–H groups in total. The molecule has 0 saturated heterocycles. The van der Waals surface area contributed by atoms with E-state index < -0.39 is 5.60 Å². The van der Waals surface area contributed by atoms with E-state index in [1.165, 1.54) is 10.9 Å². The number of hydrogen-bond acceptors (Lipinski definition) is 3. The fourth-order valence-electron chi connectivity index (χ4n) is 1.30. The summed E-state index contributed by atoms with van der Waals surface area (Å²) in [6.07, 6.45) is 3.73. The van der Waals surface area contributed by atoms with E-state index in [-0.39, 0.29) is 6.09 Å². The van der Waals surface area contributed by atoms with Crippen LogP contribution in [0.15, 0.2) is 12.5 Å². The molecule has 0 saturated carbocycles. The maximum Gasteiger partial charge on any atom is 0.419 e. The highest BCUT2D eigenvalue weighted by atomic mass is 16.6. The molecule has 1 aromatic heterocycles. The van der Waals surface area contributed by atoms with Gasteiger partial charge in [-0.15, -0.1) is 0 Å². The molecule has 0 amide bonds. The van der Waals surface area contributed by atoms with Crippen LogP contribution in [-0.2, 0) is 11.2 Å². The van der Waals surface area contributed by atoms with Crippen molar-refractivity contribution < 1.29 is 9.53 Å². The third-order valence-electron chi connectivity index (χ3n) is 1.86. The van der Waals surface area contributed by atoms with Gasteiger partial charge in [-0.1, -0.05) is 13.8 Å². The van der Waals surface area contributed by atoms with Crippen molar-refractivity contribution in [2.24, 2.45) is 5.92 Å². The summed E-state index contributed by atoms with van der Waals surface area (Å²) < 4.78 is 6.62. The van der Waals surface area contributed by atoms with Gasteiger partial charge in [-0.3, -0.25) is 0 Å². The van der Waals surface area contributed by atoms with Crippen molar-refractivity contribution in [2.45, 2.75) is 46.6 Å². The first kappa shape index (κ1) is 12.7. The van der Waals surface area contributed by atoms with E-state index in [2.05, 4.69) is 18.8 Å². The highest BCUT2D eigenvalue weighted by Crippen LogP contribution is 2.10. The van der Waals surface area contributed by atoms with Crippen molar-refractivity contribution >= 4 is 6.09 Å². The first-order valence-electron chi connectivity index (χ1n) is 5.54. The molecule has 0 unspecified atom stereocenters. The summed E-state index contributed by atoms with van der Waals surface area (Å²) in [6, 6.07) is 0. The third kappa shape index (κ3) is 4.04. The van der Waals surface area contributed by atoms with E-state index in [9.17, 15) is 4.79 Å². The maximum absolute atomic E-state index is 11.7. The lowest BCUT2D eigenvalue weighted by atomic mass is 10.1. The molecule has 0 aliphatic heterocycles. The summed E-state index contributed by atoms with van der Waals surface area (Å²) in [5.74, 6) is 0.530. The number of rotatable bonds is 2. The summed E-state index contributed by atoms with van der Waals surface area (Å²) in [4.78, 5) is 15.8. The third-order valence-corrected chi connectivity index (χ3v) is 1.86. The minimum atomic E-state index is -0.473. The van der Waals surface area contributed by atoms with Crippen molar-refractivity contribution in [2.75, 3.05) is 0 Å². The Kier molecular flexibility index (Phi) is 3.73. The van der Waals surface area contributed by atoms with E-state index in [4.69, 9.17) is 4.74 Å². The zero-order valence-corrected chi connectivity index (χ0v) is 10.7. The van der Waals surface area contributed by atoms with Crippen LogP contribution < -0.4 is 0 Å². The van der Waals surface area contributed by atoms with Crippen LogP contribution in [-0.4, -0.2) is 21.2 Å². The number of aromatic nitrogens is 2. The predicted molar refractivity (Wildman–Crippen MR) is 62.4 cm³/mol. The summed E-state index contributed by atoms with van der Waals surface area (Å²) in [5.41, 5.74) is 0.445. The Labute approximate surface area is 96.6 Å². The van der Waals surface area contributed by atoms with Gasteiger partial charge in [-0.2, -0.15) is 0 Å². The minimum Gasteiger partial charge on any atom is -0.443 e. The van der Waals surface area contributed by atoms with Crippen molar-refractivity contribution in [3.05, 3.63) is 18.2 Å². The lowest BCUT2D eigenvalue weighted by Gasteiger charge is -2.19. The van der Waals surface area contributed by atoms with Crippen LogP contribution in [0.4, 0.5) is 4.79 Å². The summed E-state index contributed by atoms with van der Waals surface area (Å²) >= 11 is 0. The van der Waals surface area contributed by atoms with Gasteiger partial charge >= 0.3 is 6.09 Å². The topological polar surface area (TPSA) is 44.1 Å². The average Bonchev–Trinajstić information content (AvgIpc) is 2.48. The van der Waals surface area contributed by atoms with Gasteiger partial charge in [0, 0.05) is 6.20 Å². The molecule has 1 aromatic rings. The molecule has 1 heterocycles. The standard InChI is InChI=1S/C12H20N2O2/c1-9(2)6-10-7-14(8-13-10)11(15)16-12(3,4)5/h7-9H,6H2,1-5H3. The normalized spacial score (nSPS) is 11.9. The van der Waals surface area contributed by atoms with Gasteiger partial charge < -0.3 is 4.74 Å². The van der Waals surface area contributed by atoms with Crippen molar-refractivity contribution in [3.8, 4) is 0 Å². The fourth-order valence-corrected chi connectivity index (χ4v) is 1.30. The molecule has 0 fully saturated rings. The molecule has 0 aliphatic carbocycles. The molecule has 0 radical (unpaired) electrons. The molecule has 4 heteroatoms. The lowest BCUT2D eigenvalue weighted by Crippen LogP contribution is -2.26. The number of carbonyl (C=O) groups excluding carboxylic acids is 1. The zero-order valence-electron chi connectivity index (χ0n) is 10.7. The fraction of sp³-hybridized carbons (Fsp3) is 0.667. The van der Waals surface area contributed by atoms with E-state index in [1.54, 1.807) is 6.20 Å². The van der Waals surface area contributed by atoms with Gasteiger partial charge in [0.05, 0.1) is 5.69 Å². The molecule has 0 aromatic carbocycles. The van der Waals surface area contributed by atoms with Crippen LogP contribution in [0.2, 0.25) is 0 Å². The number of carbonyl (C=O) groups is 1. The zero-order chi connectivity index (χ0) is 12.3. The predicted octanol–water partition coefficient (Wildman–Crippen LogP) is 2.86. The van der Waals surface area contributed by atoms with Gasteiger partial charge in [-0.25, -0.2) is 14.3 Å². The lowest BCUT2D eigenvalue weighted by molar-refractivity contribution is 0.0536. The van der Waals surface area contributed by atoms with Crippen molar-refractivity contribution in [3.63, 3.8) is 0 Å². The van der Waals surface area contributed by atoms with E-state index in [0.29, 0.717) is 5.92 Å². The highest BCUT2D eigenvalue weighted by Gasteiger charge is 2.18. The van der Waals surface area contributed by atoms with Crippen molar-refractivity contribution in [1.82, 2.24) is 9.55 Å². The Balaban J connectivity index is 2.67. The Bertz CT molecular complexity index is 361. The SMILES string of the molecule is CC(C)Cc1cn(C(=O)OC(C)(C)C)cn1. The summed E-state index contributed by atoms with van der Waals surface area (Å²) in [5, 5.41) is 0. The largest absolute Gasteiger partial charge is 0.443 e. The molecule has 0 bridgehead atoms. The van der Waals surface area contributed by atoms with Crippen molar-refractivity contribution in [1.29, 1.82) is 0 Å². The summed E-state index contributed by atoms with van der Waals surface area (Å²) in [6.45, 7) is 9.77. The van der Waals surface area contributed by atoms with E-state index in [0.717, 1.165) is 12.1 Å². The molecule has 0 spiro atoms. The Morgan fingerprint density at radius 2 is 2.12 bits per heavy atom. The monoisotopic (exact) mass is 224 g/mol. The van der Waals surface area contributed by atoms with Crippen LogP contribution in [0.25, 0.3) is 0 Å². The highest BCUT2D eigenvalue weighted by molar-refractivity contribution is 5.70. The Morgan fingerprint density at radius 3 is 2.62 bits per heavy atom. The second-order valence-electron chi connectivity index (χ2n) is 5.35. The molecule has 4 nitrogen and oxygen atoms in total. The first-order chi connectivity index (χ1) is 7.28. The number of imidazole rings is 1. The van der Waals surface area contributed by atoms with Gasteiger partial charge in [0.15, 0.2) is 0 Å². The maximum atomic E-state index is 11.7.